The molecule has 1 nitrogen and oxygen atoms in total. The van der Waals surface area contributed by atoms with Gasteiger partial charge in [0, 0.05) is 5.30 Å². The van der Waals surface area contributed by atoms with Gasteiger partial charge in [-0.05, 0) is 11.9 Å². The van der Waals surface area contributed by atoms with E-state index in [1.54, 1.807) is 6.07 Å². The molecule has 1 atom stereocenters. The first-order chi connectivity index (χ1) is 3.84. The average Bonchev–Trinajstić information content (AvgIpc) is 2.14. The fourth-order valence-electron chi connectivity index (χ4n) is 0.479. The molecule has 0 aliphatic heterocycles. The third-order valence-corrected chi connectivity index (χ3v) is 3.21. The van der Waals surface area contributed by atoms with Crippen LogP contribution in [0.25, 0.3) is 0 Å². The van der Waals surface area contributed by atoms with Crippen molar-refractivity contribution in [2.75, 3.05) is 0 Å². The van der Waals surface area contributed by atoms with Crippen LogP contribution >= 0.6 is 19.0 Å². The summed E-state index contributed by atoms with van der Waals surface area (Å²) in [5.74, 6) is 1.93. The second-order valence-electron chi connectivity index (χ2n) is 1.40. The lowest BCUT2D eigenvalue weighted by molar-refractivity contribution is 0.112. The summed E-state index contributed by atoms with van der Waals surface area (Å²) in [6.07, 6.45) is 0.860. The lowest BCUT2D eigenvalue weighted by Gasteiger charge is -1.81. The quantitative estimate of drug-likeness (QED) is 0.472. The minimum Gasteiger partial charge on any atom is -0.297 e. The van der Waals surface area contributed by atoms with Crippen molar-refractivity contribution < 1.29 is 4.79 Å². The van der Waals surface area contributed by atoms with Crippen LogP contribution in [-0.4, -0.2) is 6.29 Å². The Morgan fingerprint density at radius 1 is 1.75 bits per heavy atom. The summed E-state index contributed by atoms with van der Waals surface area (Å²) < 4.78 is 0. The lowest BCUT2D eigenvalue weighted by atomic mass is 10.5. The molecule has 0 N–H and O–H groups in total. The molecule has 0 bridgehead atoms. The van der Waals surface area contributed by atoms with E-state index < -0.39 is 6.74 Å². The highest BCUT2D eigenvalue weighted by Gasteiger charge is 1.92. The van der Waals surface area contributed by atoms with Crippen molar-refractivity contribution in [2.45, 2.75) is 0 Å². The largest absolute Gasteiger partial charge is 0.297 e. The fourth-order valence-corrected chi connectivity index (χ4v) is 1.82. The number of carbonyl (C=O) groups is 1. The SMILES string of the molecule is O=Cc1cccp1S. The zero-order valence-corrected chi connectivity index (χ0v) is 5.90. The van der Waals surface area contributed by atoms with Gasteiger partial charge in [-0.25, -0.2) is 0 Å². The second kappa shape index (κ2) is 2.38. The molecule has 0 saturated carbocycles. The monoisotopic (exact) mass is 144 g/mol. The second-order valence-corrected chi connectivity index (χ2v) is 4.19. The normalized spacial score (nSPS) is 11.4. The van der Waals surface area contributed by atoms with Gasteiger partial charge < -0.3 is 0 Å². The van der Waals surface area contributed by atoms with Crippen LogP contribution in [0.3, 0.4) is 0 Å². The van der Waals surface area contributed by atoms with Gasteiger partial charge in [-0.3, -0.25) is 4.79 Å². The van der Waals surface area contributed by atoms with Crippen LogP contribution in [0.2, 0.25) is 0 Å². The van der Waals surface area contributed by atoms with Gasteiger partial charge in [0.15, 0.2) is 6.29 Å². The van der Waals surface area contributed by atoms with E-state index in [0.717, 1.165) is 11.6 Å². The molecule has 0 amide bonds. The minimum absolute atomic E-state index is 0.522. The van der Waals surface area contributed by atoms with Crippen LogP contribution in [0.1, 0.15) is 10.1 Å². The molecule has 8 heavy (non-hydrogen) atoms. The van der Waals surface area contributed by atoms with Crippen molar-refractivity contribution in [3.8, 4) is 0 Å². The maximum atomic E-state index is 10.1. The van der Waals surface area contributed by atoms with Crippen LogP contribution in [0.15, 0.2) is 17.9 Å². The van der Waals surface area contributed by atoms with Gasteiger partial charge in [-0.15, -0.1) is 12.2 Å². The summed E-state index contributed by atoms with van der Waals surface area (Å²) in [5.41, 5.74) is 0. The molecule has 0 aliphatic rings. The highest BCUT2D eigenvalue weighted by molar-refractivity contribution is 8.42. The smallest absolute Gasteiger partial charge is 0.154 e. The standard InChI is InChI=1S/C5H5OPS/c6-4-5-2-1-3-7(5)8/h1-4,8H. The zero-order chi connectivity index (χ0) is 5.98. The van der Waals surface area contributed by atoms with Crippen molar-refractivity contribution in [3.63, 3.8) is 0 Å². The maximum Gasteiger partial charge on any atom is 0.154 e. The van der Waals surface area contributed by atoms with Crippen LogP contribution in [0.4, 0.5) is 0 Å². The van der Waals surface area contributed by atoms with Crippen molar-refractivity contribution in [3.05, 3.63) is 23.2 Å². The van der Waals surface area contributed by atoms with Crippen molar-refractivity contribution in [1.82, 2.24) is 0 Å². The van der Waals surface area contributed by atoms with Crippen molar-refractivity contribution in [2.24, 2.45) is 0 Å². The fraction of sp³-hybridized carbons (Fsp3) is 0. The van der Waals surface area contributed by atoms with E-state index in [1.165, 1.54) is 0 Å². The molecule has 1 heterocycles. The van der Waals surface area contributed by atoms with Crippen LogP contribution < -0.4 is 0 Å². The molecule has 0 aliphatic carbocycles. The summed E-state index contributed by atoms with van der Waals surface area (Å²) in [6.45, 7) is -0.522. The number of aldehydes is 1. The average molecular weight is 144 g/mol. The summed E-state index contributed by atoms with van der Waals surface area (Å²) in [4.78, 5) is 10.1. The van der Waals surface area contributed by atoms with Gasteiger partial charge in [0.25, 0.3) is 0 Å². The molecule has 0 radical (unpaired) electrons. The predicted molar refractivity (Wildman–Crippen MR) is 38.9 cm³/mol. The highest BCUT2D eigenvalue weighted by atomic mass is 32.7. The number of hydrogen-bond donors (Lipinski definition) is 1. The summed E-state index contributed by atoms with van der Waals surface area (Å²) >= 11 is 4.15. The molecule has 0 fully saturated rings. The van der Waals surface area contributed by atoms with E-state index in [0.29, 0.717) is 0 Å². The van der Waals surface area contributed by atoms with Crippen LogP contribution in [-0.2, 0) is 0 Å². The Hall–Kier alpha value is -0.200. The van der Waals surface area contributed by atoms with Gasteiger partial charge in [-0.2, -0.15) is 0 Å². The Morgan fingerprint density at radius 3 is 2.75 bits per heavy atom. The van der Waals surface area contributed by atoms with E-state index >= 15 is 0 Å². The molecule has 0 aromatic carbocycles. The van der Waals surface area contributed by atoms with Gasteiger partial charge in [0.2, 0.25) is 0 Å². The van der Waals surface area contributed by atoms with Gasteiger partial charge >= 0.3 is 0 Å². The molecule has 1 unspecified atom stereocenters. The third-order valence-electron chi connectivity index (χ3n) is 0.880. The Labute approximate surface area is 53.9 Å². The summed E-state index contributed by atoms with van der Waals surface area (Å²) in [5, 5.41) is 0.809. The summed E-state index contributed by atoms with van der Waals surface area (Å²) in [6, 6.07) is 3.66. The van der Waals surface area contributed by atoms with Crippen molar-refractivity contribution >= 4 is 25.3 Å². The van der Waals surface area contributed by atoms with E-state index in [2.05, 4.69) is 12.2 Å². The first kappa shape index (κ1) is 5.93. The minimum atomic E-state index is -0.522. The molecule has 1 aromatic heterocycles. The van der Waals surface area contributed by atoms with Crippen molar-refractivity contribution in [1.29, 1.82) is 0 Å². The number of hydrogen-bond acceptors (Lipinski definition) is 2. The van der Waals surface area contributed by atoms with E-state index in [-0.39, 0.29) is 0 Å². The van der Waals surface area contributed by atoms with E-state index in [9.17, 15) is 4.79 Å². The van der Waals surface area contributed by atoms with Gasteiger partial charge in [0.1, 0.15) is 0 Å². The molecule has 0 spiro atoms. The first-order valence-electron chi connectivity index (χ1n) is 2.16. The zero-order valence-electron chi connectivity index (χ0n) is 4.11. The summed E-state index contributed by atoms with van der Waals surface area (Å²) in [7, 11) is 0. The van der Waals surface area contributed by atoms with E-state index in [4.69, 9.17) is 0 Å². The molecule has 0 saturated heterocycles. The molecule has 1 aromatic rings. The Bertz CT molecular complexity index is 194. The topological polar surface area (TPSA) is 17.1 Å². The number of thiol groups is 1. The Balaban J connectivity index is 3.09. The molecule has 1 rings (SSSR count). The number of carbonyl (C=O) groups excluding carboxylic acids is 1. The predicted octanol–water partition coefficient (Wildman–Crippen LogP) is 2.18. The van der Waals surface area contributed by atoms with E-state index in [1.807, 2.05) is 11.9 Å². The highest BCUT2D eigenvalue weighted by Crippen LogP contribution is 2.35. The Kier molecular flexibility index (Phi) is 1.77. The van der Waals surface area contributed by atoms with Crippen LogP contribution in [0.5, 0.6) is 0 Å². The molecule has 3 heteroatoms. The first-order valence-corrected chi connectivity index (χ1v) is 4.73. The molecular formula is C5H5OPS. The van der Waals surface area contributed by atoms with Gasteiger partial charge in [-0.1, -0.05) is 12.8 Å². The van der Waals surface area contributed by atoms with Gasteiger partial charge in [0.05, 0.1) is 0 Å². The third kappa shape index (κ3) is 0.960. The molecule has 42 valence electrons. The molecular weight excluding hydrogens is 139 g/mol. The Morgan fingerprint density at radius 2 is 2.50 bits per heavy atom. The number of rotatable bonds is 1. The lowest BCUT2D eigenvalue weighted by Crippen LogP contribution is -1.62. The maximum absolute atomic E-state index is 10.1. The van der Waals surface area contributed by atoms with Crippen LogP contribution in [0, 0.1) is 0 Å².